The maximum absolute atomic E-state index is 11.5. The molecule has 0 aliphatic rings. The molecule has 0 aliphatic heterocycles. The summed E-state index contributed by atoms with van der Waals surface area (Å²) in [7, 11) is 0. The van der Waals surface area contributed by atoms with Gasteiger partial charge in [-0.2, -0.15) is 0 Å². The maximum Gasteiger partial charge on any atom is 0.306 e. The Morgan fingerprint density at radius 3 is 1.70 bits per heavy atom. The zero-order chi connectivity index (χ0) is 17.2. The largest absolute Gasteiger partial charge is 0.459 e. The van der Waals surface area contributed by atoms with Gasteiger partial charge in [-0.1, -0.05) is 84.0 Å². The molecule has 0 saturated carbocycles. The van der Waals surface area contributed by atoms with Crippen LogP contribution in [-0.2, 0) is 9.53 Å². The van der Waals surface area contributed by atoms with E-state index in [9.17, 15) is 4.79 Å². The first-order valence-electron chi connectivity index (χ1n) is 9.60. The van der Waals surface area contributed by atoms with Crippen LogP contribution in [0.25, 0.3) is 0 Å². The Morgan fingerprint density at radius 2 is 1.30 bits per heavy atom. The number of carbonyl (C=O) groups is 1. The molecule has 0 aromatic rings. The molecule has 3 nitrogen and oxygen atoms in total. The molecule has 0 radical (unpaired) electrons. The molecule has 1 N–H and O–H groups in total. The lowest BCUT2D eigenvalue weighted by molar-refractivity contribution is -0.149. The fourth-order valence-electron chi connectivity index (χ4n) is 2.65. The van der Waals surface area contributed by atoms with E-state index in [1.165, 1.54) is 70.6 Å². The van der Waals surface area contributed by atoms with Gasteiger partial charge in [0.05, 0.1) is 12.5 Å². The molecule has 0 bridgehead atoms. The summed E-state index contributed by atoms with van der Waals surface area (Å²) in [4.78, 5) is 11.5. The summed E-state index contributed by atoms with van der Waals surface area (Å²) in [5, 5.41) is 8.90. The number of carbonyl (C=O) groups excluding carboxylic acids is 1. The van der Waals surface area contributed by atoms with Crippen molar-refractivity contribution in [2.75, 3.05) is 12.5 Å². The number of esters is 1. The number of aliphatic hydroxyl groups excluding tert-OH is 1. The van der Waals surface area contributed by atoms with Gasteiger partial charge in [-0.3, -0.25) is 4.79 Å². The zero-order valence-corrected chi connectivity index (χ0v) is 15.8. The second-order valence-electron chi connectivity index (χ2n) is 6.44. The summed E-state index contributed by atoms with van der Waals surface area (Å²) in [6, 6.07) is 0. The van der Waals surface area contributed by atoms with Crippen molar-refractivity contribution in [3.05, 3.63) is 0 Å². The van der Waals surface area contributed by atoms with E-state index in [-0.39, 0.29) is 18.5 Å². The third-order valence-corrected chi connectivity index (χ3v) is 4.50. The third-order valence-electron chi connectivity index (χ3n) is 4.16. The summed E-state index contributed by atoms with van der Waals surface area (Å²) < 4.78 is 5.03. The molecule has 0 aromatic heterocycles. The summed E-state index contributed by atoms with van der Waals surface area (Å²) in [6.07, 6.45) is 16.7. The average molecular weight is 349 g/mol. The first-order valence-corrected chi connectivity index (χ1v) is 10.1. The number of ether oxygens (including phenoxy) is 1. The number of rotatable bonds is 17. The van der Waals surface area contributed by atoms with E-state index < -0.39 is 6.10 Å². The van der Waals surface area contributed by atoms with Gasteiger partial charge in [0.15, 0.2) is 0 Å². The molecular weight excluding hydrogens is 312 g/mol. The van der Waals surface area contributed by atoms with Crippen molar-refractivity contribution in [1.82, 2.24) is 0 Å². The summed E-state index contributed by atoms with van der Waals surface area (Å²) in [6.45, 7) is 2.06. The molecule has 0 rings (SSSR count). The lowest BCUT2D eigenvalue weighted by atomic mass is 10.0. The molecule has 0 aliphatic carbocycles. The Bertz CT molecular complexity index is 255. The molecule has 0 amide bonds. The summed E-state index contributed by atoms with van der Waals surface area (Å²) in [5.41, 5.74) is 0. The summed E-state index contributed by atoms with van der Waals surface area (Å²) in [5.74, 6) is -0.0892. The van der Waals surface area contributed by atoms with E-state index in [1.54, 1.807) is 0 Å². The van der Waals surface area contributed by atoms with Crippen molar-refractivity contribution >= 4 is 17.6 Å². The zero-order valence-electron chi connectivity index (χ0n) is 15.0. The van der Waals surface area contributed by atoms with Crippen LogP contribution in [0.3, 0.4) is 0 Å². The van der Waals surface area contributed by atoms with E-state index in [0.717, 1.165) is 12.8 Å². The van der Waals surface area contributed by atoms with Gasteiger partial charge in [0.2, 0.25) is 0 Å². The quantitative estimate of drug-likeness (QED) is 0.211. The van der Waals surface area contributed by atoms with E-state index in [4.69, 9.17) is 21.4 Å². The molecule has 138 valence electrons. The predicted molar refractivity (Wildman–Crippen MR) is 98.0 cm³/mol. The van der Waals surface area contributed by atoms with E-state index in [2.05, 4.69) is 6.92 Å². The molecule has 0 aromatic carbocycles. The molecule has 0 heterocycles. The van der Waals surface area contributed by atoms with Crippen molar-refractivity contribution in [3.8, 4) is 0 Å². The predicted octanol–water partition coefficient (Wildman–Crippen LogP) is 5.61. The van der Waals surface area contributed by atoms with Crippen molar-refractivity contribution < 1.29 is 14.6 Å². The van der Waals surface area contributed by atoms with Gasteiger partial charge >= 0.3 is 5.97 Å². The highest BCUT2D eigenvalue weighted by Crippen LogP contribution is 2.13. The second-order valence-corrected chi connectivity index (χ2v) is 6.75. The highest BCUT2D eigenvalue weighted by Gasteiger charge is 2.11. The highest BCUT2D eigenvalue weighted by atomic mass is 35.5. The molecule has 0 fully saturated rings. The second kappa shape index (κ2) is 18.1. The van der Waals surface area contributed by atoms with Crippen LogP contribution in [0.15, 0.2) is 0 Å². The highest BCUT2D eigenvalue weighted by molar-refractivity contribution is 6.18. The lowest BCUT2D eigenvalue weighted by Crippen LogP contribution is -2.23. The lowest BCUT2D eigenvalue weighted by Gasteiger charge is -2.12. The molecule has 4 heteroatoms. The number of alkyl halides is 1. The Kier molecular flexibility index (Phi) is 17.8. The first-order chi connectivity index (χ1) is 11.2. The Labute approximate surface area is 148 Å². The van der Waals surface area contributed by atoms with Gasteiger partial charge in [0.25, 0.3) is 0 Å². The third kappa shape index (κ3) is 16.4. The van der Waals surface area contributed by atoms with Crippen LogP contribution in [0, 0.1) is 0 Å². The number of aliphatic hydroxyl groups is 1. The van der Waals surface area contributed by atoms with Crippen LogP contribution < -0.4 is 0 Å². The van der Waals surface area contributed by atoms with Crippen molar-refractivity contribution in [1.29, 1.82) is 0 Å². The first kappa shape index (κ1) is 22.7. The normalized spacial score (nSPS) is 12.3. The Morgan fingerprint density at radius 1 is 0.870 bits per heavy atom. The molecular formula is C19H37ClO3. The fraction of sp³-hybridized carbons (Fsp3) is 0.947. The smallest absolute Gasteiger partial charge is 0.306 e. The number of hydrogen-bond donors (Lipinski definition) is 1. The van der Waals surface area contributed by atoms with Gasteiger partial charge in [-0.25, -0.2) is 0 Å². The molecule has 0 saturated heterocycles. The Hall–Kier alpha value is -0.280. The van der Waals surface area contributed by atoms with E-state index in [0.29, 0.717) is 6.42 Å². The van der Waals surface area contributed by atoms with Gasteiger partial charge in [0, 0.05) is 6.42 Å². The van der Waals surface area contributed by atoms with E-state index in [1.807, 2.05) is 0 Å². The molecule has 1 atom stereocenters. The number of hydrogen-bond acceptors (Lipinski definition) is 3. The van der Waals surface area contributed by atoms with Crippen LogP contribution in [-0.4, -0.2) is 29.7 Å². The van der Waals surface area contributed by atoms with Gasteiger partial charge in [-0.05, 0) is 6.42 Å². The fourth-order valence-corrected chi connectivity index (χ4v) is 2.81. The maximum atomic E-state index is 11.5. The number of halogens is 1. The van der Waals surface area contributed by atoms with Crippen LogP contribution in [0.5, 0.6) is 0 Å². The minimum atomic E-state index is -0.550. The molecule has 0 spiro atoms. The standard InChI is InChI=1S/C19H37ClO3/c1-2-3-4-5-6-7-8-9-10-11-12-13-14-15-19(22)23-18(16-20)17-21/h18,21H,2-17H2,1H3/t18-/m1/s1. The van der Waals surface area contributed by atoms with E-state index >= 15 is 0 Å². The van der Waals surface area contributed by atoms with Gasteiger partial charge < -0.3 is 9.84 Å². The van der Waals surface area contributed by atoms with Crippen LogP contribution in [0.2, 0.25) is 0 Å². The molecule has 23 heavy (non-hydrogen) atoms. The van der Waals surface area contributed by atoms with Gasteiger partial charge in [-0.15, -0.1) is 11.6 Å². The van der Waals surface area contributed by atoms with Crippen molar-refractivity contribution in [2.45, 2.75) is 103 Å². The Balaban J connectivity index is 3.20. The minimum Gasteiger partial charge on any atom is -0.459 e. The van der Waals surface area contributed by atoms with Crippen LogP contribution in [0.1, 0.15) is 96.8 Å². The van der Waals surface area contributed by atoms with Crippen LogP contribution in [0.4, 0.5) is 0 Å². The molecule has 0 unspecified atom stereocenters. The minimum absolute atomic E-state index is 0.154. The topological polar surface area (TPSA) is 46.5 Å². The number of unbranched alkanes of at least 4 members (excludes halogenated alkanes) is 12. The van der Waals surface area contributed by atoms with Gasteiger partial charge in [0.1, 0.15) is 6.10 Å². The average Bonchev–Trinajstić information content (AvgIpc) is 2.56. The SMILES string of the molecule is CCCCCCCCCCCCCCCC(=O)O[C@@H](CO)CCl. The van der Waals surface area contributed by atoms with Crippen molar-refractivity contribution in [2.24, 2.45) is 0 Å². The van der Waals surface area contributed by atoms with Crippen molar-refractivity contribution in [3.63, 3.8) is 0 Å². The van der Waals surface area contributed by atoms with Crippen LogP contribution >= 0.6 is 11.6 Å². The summed E-state index contributed by atoms with van der Waals surface area (Å²) >= 11 is 5.56. The monoisotopic (exact) mass is 348 g/mol.